The van der Waals surface area contributed by atoms with Gasteiger partial charge < -0.3 is 10.2 Å². The number of amides is 1. The van der Waals surface area contributed by atoms with E-state index in [1.165, 1.54) is 0 Å². The first-order valence-electron chi connectivity index (χ1n) is 5.70. The number of β-amino-alcohol motifs (C(OH)–C–C–N with tert-alkyl or cyclic N) is 1. The molecule has 1 heterocycles. The van der Waals surface area contributed by atoms with Gasteiger partial charge >= 0.3 is 0 Å². The molecule has 0 aromatic heterocycles. The molecule has 1 saturated heterocycles. The third kappa shape index (κ3) is 2.57. The van der Waals surface area contributed by atoms with E-state index in [1.807, 2.05) is 5.01 Å². The maximum Gasteiger partial charge on any atom is 0.241 e. The van der Waals surface area contributed by atoms with Crippen molar-refractivity contribution in [3.8, 4) is 5.75 Å². The number of hydrogen-bond acceptors (Lipinski definition) is 4. The largest absolute Gasteiger partial charge is 0.508 e. The number of anilines is 1. The molecule has 0 aliphatic carbocycles. The molecule has 5 nitrogen and oxygen atoms in total. The Kier molecular flexibility index (Phi) is 3.61. The molecule has 17 heavy (non-hydrogen) atoms. The fourth-order valence-corrected chi connectivity index (χ4v) is 2.00. The number of carbonyl (C=O) groups is 1. The summed E-state index contributed by atoms with van der Waals surface area (Å²) in [6, 6.07) is 6.49. The first kappa shape index (κ1) is 11.9. The molecule has 92 valence electrons. The fraction of sp³-hybridized carbons (Fsp3) is 0.417. The van der Waals surface area contributed by atoms with Gasteiger partial charge in [-0.2, -0.15) is 0 Å². The number of phenols is 1. The first-order chi connectivity index (χ1) is 8.22. The molecule has 2 rings (SSSR count). The molecule has 0 radical (unpaired) electrons. The van der Waals surface area contributed by atoms with Crippen molar-refractivity contribution in [2.75, 3.05) is 24.7 Å². The molecule has 0 spiro atoms. The van der Waals surface area contributed by atoms with E-state index in [9.17, 15) is 9.90 Å². The summed E-state index contributed by atoms with van der Waals surface area (Å²) < 4.78 is 0. The highest BCUT2D eigenvalue weighted by molar-refractivity contribution is 5.93. The minimum absolute atomic E-state index is 0.0157. The molecule has 1 aromatic carbocycles. The summed E-state index contributed by atoms with van der Waals surface area (Å²) in [6.45, 7) is 1.21. The van der Waals surface area contributed by atoms with Crippen molar-refractivity contribution in [2.24, 2.45) is 0 Å². The summed E-state index contributed by atoms with van der Waals surface area (Å²) in [6.07, 6.45) is 1.33. The number of benzene rings is 1. The number of nitrogens with zero attached hydrogens (tertiary/aromatic N) is 2. The predicted octanol–water partition coefficient (Wildman–Crippen LogP) is 0.728. The predicted molar refractivity (Wildman–Crippen MR) is 63.5 cm³/mol. The number of hydrazine groups is 1. The van der Waals surface area contributed by atoms with Crippen molar-refractivity contribution >= 4 is 11.6 Å². The van der Waals surface area contributed by atoms with Crippen LogP contribution in [0.4, 0.5) is 5.69 Å². The van der Waals surface area contributed by atoms with E-state index in [2.05, 4.69) is 0 Å². The Balaban J connectivity index is 2.24. The van der Waals surface area contributed by atoms with Crippen LogP contribution in [0.15, 0.2) is 24.3 Å². The summed E-state index contributed by atoms with van der Waals surface area (Å²) in [7, 11) is 0. The van der Waals surface area contributed by atoms with Crippen molar-refractivity contribution in [3.05, 3.63) is 24.3 Å². The van der Waals surface area contributed by atoms with Crippen LogP contribution in [0.25, 0.3) is 0 Å². The number of phenolic OH excluding ortho intramolecular Hbond substituents is 1. The SMILES string of the molecule is O=C1CCCN(CCO)N1c1ccc(O)cc1. The standard InChI is InChI=1S/C12H16N2O3/c15-9-8-13-7-1-2-12(17)14(13)10-3-5-11(16)6-4-10/h3-6,15-16H,1-2,7-9H2. The zero-order valence-corrected chi connectivity index (χ0v) is 9.54. The van der Waals surface area contributed by atoms with Gasteiger partial charge in [0.2, 0.25) is 5.91 Å². The van der Waals surface area contributed by atoms with Crippen LogP contribution in [0.3, 0.4) is 0 Å². The Morgan fingerprint density at radius 1 is 1.24 bits per heavy atom. The van der Waals surface area contributed by atoms with Gasteiger partial charge in [0.15, 0.2) is 0 Å². The van der Waals surface area contributed by atoms with Crippen molar-refractivity contribution in [1.82, 2.24) is 5.01 Å². The lowest BCUT2D eigenvalue weighted by molar-refractivity contribution is -0.124. The highest BCUT2D eigenvalue weighted by Crippen LogP contribution is 2.24. The average molecular weight is 236 g/mol. The zero-order chi connectivity index (χ0) is 12.3. The Bertz CT molecular complexity index is 389. The van der Waals surface area contributed by atoms with Crippen LogP contribution in [-0.2, 0) is 4.79 Å². The summed E-state index contributed by atoms with van der Waals surface area (Å²) in [5, 5.41) is 21.6. The molecule has 1 aromatic rings. The van der Waals surface area contributed by atoms with Crippen LogP contribution >= 0.6 is 0 Å². The Morgan fingerprint density at radius 2 is 1.94 bits per heavy atom. The van der Waals surface area contributed by atoms with Crippen molar-refractivity contribution in [1.29, 1.82) is 0 Å². The lowest BCUT2D eigenvalue weighted by atomic mass is 10.2. The summed E-state index contributed by atoms with van der Waals surface area (Å²) in [5.74, 6) is 0.197. The Labute approximate surface area is 99.9 Å². The molecule has 2 N–H and O–H groups in total. The zero-order valence-electron chi connectivity index (χ0n) is 9.54. The van der Waals surface area contributed by atoms with Crippen LogP contribution in [0.5, 0.6) is 5.75 Å². The molecular formula is C12H16N2O3. The van der Waals surface area contributed by atoms with E-state index < -0.39 is 0 Å². The lowest BCUT2D eigenvalue weighted by Gasteiger charge is -2.38. The Hall–Kier alpha value is -1.59. The molecule has 1 fully saturated rings. The monoisotopic (exact) mass is 236 g/mol. The highest BCUT2D eigenvalue weighted by atomic mass is 16.3. The second-order valence-corrected chi connectivity index (χ2v) is 4.00. The van der Waals surface area contributed by atoms with Gasteiger partial charge in [0.05, 0.1) is 12.3 Å². The quantitative estimate of drug-likeness (QED) is 0.812. The van der Waals surface area contributed by atoms with Crippen LogP contribution in [0.2, 0.25) is 0 Å². The number of carbonyl (C=O) groups excluding carboxylic acids is 1. The van der Waals surface area contributed by atoms with E-state index in [-0.39, 0.29) is 18.3 Å². The lowest BCUT2D eigenvalue weighted by Crippen LogP contribution is -2.51. The maximum atomic E-state index is 11.9. The molecular weight excluding hydrogens is 220 g/mol. The van der Waals surface area contributed by atoms with Gasteiger partial charge in [-0.1, -0.05) is 0 Å². The summed E-state index contributed by atoms with van der Waals surface area (Å²) in [4.78, 5) is 11.9. The molecule has 0 unspecified atom stereocenters. The minimum atomic E-state index is 0.0157. The second kappa shape index (κ2) is 5.16. The van der Waals surface area contributed by atoms with Crippen LogP contribution in [0, 0.1) is 0 Å². The highest BCUT2D eigenvalue weighted by Gasteiger charge is 2.26. The van der Waals surface area contributed by atoms with Crippen LogP contribution in [-0.4, -0.2) is 40.8 Å². The number of rotatable bonds is 3. The van der Waals surface area contributed by atoms with Gasteiger partial charge in [0.1, 0.15) is 5.75 Å². The number of aliphatic hydroxyl groups is 1. The molecule has 1 amide bonds. The van der Waals surface area contributed by atoms with Gasteiger partial charge in [0.25, 0.3) is 0 Å². The van der Waals surface area contributed by atoms with Gasteiger partial charge in [-0.3, -0.25) is 4.79 Å². The van der Waals surface area contributed by atoms with Gasteiger partial charge in [-0.15, -0.1) is 0 Å². The smallest absolute Gasteiger partial charge is 0.241 e. The Morgan fingerprint density at radius 3 is 2.59 bits per heavy atom. The molecule has 0 atom stereocenters. The van der Waals surface area contributed by atoms with Gasteiger partial charge in [0, 0.05) is 19.5 Å². The van der Waals surface area contributed by atoms with E-state index >= 15 is 0 Å². The topological polar surface area (TPSA) is 64.0 Å². The summed E-state index contributed by atoms with van der Waals surface area (Å²) >= 11 is 0. The van der Waals surface area contributed by atoms with E-state index in [0.717, 1.165) is 18.7 Å². The minimum Gasteiger partial charge on any atom is -0.508 e. The fourth-order valence-electron chi connectivity index (χ4n) is 2.00. The molecule has 5 heteroatoms. The van der Waals surface area contributed by atoms with Crippen LogP contribution in [0.1, 0.15) is 12.8 Å². The summed E-state index contributed by atoms with van der Waals surface area (Å²) in [5.41, 5.74) is 0.723. The third-order valence-corrected chi connectivity index (χ3v) is 2.78. The van der Waals surface area contributed by atoms with Crippen molar-refractivity contribution in [2.45, 2.75) is 12.8 Å². The second-order valence-electron chi connectivity index (χ2n) is 4.00. The van der Waals surface area contributed by atoms with Crippen LogP contribution < -0.4 is 5.01 Å². The molecule has 0 bridgehead atoms. The molecule has 0 saturated carbocycles. The van der Waals surface area contributed by atoms with E-state index in [4.69, 9.17) is 5.11 Å². The maximum absolute atomic E-state index is 11.9. The number of aromatic hydroxyl groups is 1. The first-order valence-corrected chi connectivity index (χ1v) is 5.70. The number of aliphatic hydroxyl groups excluding tert-OH is 1. The van der Waals surface area contributed by atoms with Gasteiger partial charge in [-0.25, -0.2) is 10.0 Å². The van der Waals surface area contributed by atoms with Crippen molar-refractivity contribution in [3.63, 3.8) is 0 Å². The van der Waals surface area contributed by atoms with Crippen molar-refractivity contribution < 1.29 is 15.0 Å². The molecule has 1 aliphatic heterocycles. The van der Waals surface area contributed by atoms with Gasteiger partial charge in [-0.05, 0) is 30.7 Å². The van der Waals surface area contributed by atoms with E-state index in [0.29, 0.717) is 13.0 Å². The third-order valence-electron chi connectivity index (χ3n) is 2.78. The normalized spacial score (nSPS) is 17.5. The number of hydrogen-bond donors (Lipinski definition) is 2. The average Bonchev–Trinajstić information content (AvgIpc) is 2.32. The van der Waals surface area contributed by atoms with E-state index in [1.54, 1.807) is 29.3 Å². The molecule has 1 aliphatic rings.